The molecule has 0 fully saturated rings. The van der Waals surface area contributed by atoms with Crippen LogP contribution in [0.2, 0.25) is 0 Å². The zero-order chi connectivity index (χ0) is 19.4. The summed E-state index contributed by atoms with van der Waals surface area (Å²) >= 11 is 0. The summed E-state index contributed by atoms with van der Waals surface area (Å²) in [5.74, 6) is -0.287. The second kappa shape index (κ2) is 7.70. The SMILES string of the molecule is CN(C)c1ccc(C(=O)OCc2nc3ccccc3c(=O)n2CC#N)cc1. The van der Waals surface area contributed by atoms with Crippen LogP contribution in [0.15, 0.2) is 53.3 Å². The Labute approximate surface area is 156 Å². The summed E-state index contributed by atoms with van der Waals surface area (Å²) in [6.45, 7) is -0.364. The number of rotatable bonds is 5. The molecular formula is C20H18N4O3. The van der Waals surface area contributed by atoms with Crippen molar-refractivity contribution in [1.82, 2.24) is 9.55 Å². The van der Waals surface area contributed by atoms with Crippen LogP contribution in [-0.4, -0.2) is 29.6 Å². The summed E-state index contributed by atoms with van der Waals surface area (Å²) < 4.78 is 6.55. The number of para-hydroxylation sites is 1. The molecule has 0 aliphatic heterocycles. The number of benzene rings is 2. The fourth-order valence-corrected chi connectivity index (χ4v) is 2.67. The molecule has 0 unspecified atom stereocenters. The number of carbonyl (C=O) groups is 1. The predicted octanol–water partition coefficient (Wildman–Crippen LogP) is 2.34. The zero-order valence-corrected chi connectivity index (χ0v) is 15.0. The second-order valence-electron chi connectivity index (χ2n) is 6.11. The molecule has 3 rings (SSSR count). The normalized spacial score (nSPS) is 10.4. The fourth-order valence-electron chi connectivity index (χ4n) is 2.67. The number of nitrogens with zero attached hydrogens (tertiary/aromatic N) is 4. The lowest BCUT2D eigenvalue weighted by Crippen LogP contribution is -2.26. The molecule has 0 saturated carbocycles. The molecule has 0 bridgehead atoms. The van der Waals surface area contributed by atoms with E-state index in [9.17, 15) is 9.59 Å². The lowest BCUT2D eigenvalue weighted by Gasteiger charge is -2.13. The first-order valence-electron chi connectivity index (χ1n) is 8.31. The average Bonchev–Trinajstić information content (AvgIpc) is 2.68. The van der Waals surface area contributed by atoms with Crippen LogP contribution in [0.5, 0.6) is 0 Å². The molecule has 2 aromatic carbocycles. The number of hydrogen-bond acceptors (Lipinski definition) is 6. The zero-order valence-electron chi connectivity index (χ0n) is 15.0. The third-order valence-corrected chi connectivity index (χ3v) is 4.12. The van der Waals surface area contributed by atoms with E-state index in [-0.39, 0.29) is 24.5 Å². The number of hydrogen-bond donors (Lipinski definition) is 0. The van der Waals surface area contributed by atoms with Crippen molar-refractivity contribution >= 4 is 22.6 Å². The van der Waals surface area contributed by atoms with Gasteiger partial charge in [0, 0.05) is 19.8 Å². The van der Waals surface area contributed by atoms with Gasteiger partial charge in [-0.3, -0.25) is 9.36 Å². The highest BCUT2D eigenvalue weighted by atomic mass is 16.5. The number of carbonyl (C=O) groups excluding carboxylic acids is 1. The van der Waals surface area contributed by atoms with E-state index >= 15 is 0 Å². The van der Waals surface area contributed by atoms with Crippen LogP contribution in [0, 0.1) is 11.3 Å². The first-order chi connectivity index (χ1) is 13.0. The second-order valence-corrected chi connectivity index (χ2v) is 6.11. The highest BCUT2D eigenvalue weighted by molar-refractivity contribution is 5.89. The monoisotopic (exact) mass is 362 g/mol. The minimum absolute atomic E-state index is 0.166. The fraction of sp³-hybridized carbons (Fsp3) is 0.200. The van der Waals surface area contributed by atoms with Gasteiger partial charge in [0.15, 0.2) is 5.82 Å². The van der Waals surface area contributed by atoms with Crippen molar-refractivity contribution in [3.8, 4) is 6.07 Å². The van der Waals surface area contributed by atoms with E-state index in [2.05, 4.69) is 4.98 Å². The summed E-state index contributed by atoms with van der Waals surface area (Å²) in [5.41, 5.74) is 1.53. The van der Waals surface area contributed by atoms with Gasteiger partial charge in [-0.25, -0.2) is 9.78 Å². The van der Waals surface area contributed by atoms with Gasteiger partial charge < -0.3 is 9.64 Å². The van der Waals surface area contributed by atoms with Gasteiger partial charge in [-0.1, -0.05) is 12.1 Å². The largest absolute Gasteiger partial charge is 0.454 e. The first-order valence-corrected chi connectivity index (χ1v) is 8.31. The number of esters is 1. The average molecular weight is 362 g/mol. The maximum atomic E-state index is 12.6. The third-order valence-electron chi connectivity index (χ3n) is 4.12. The van der Waals surface area contributed by atoms with Crippen LogP contribution in [0.1, 0.15) is 16.2 Å². The molecule has 1 heterocycles. The third kappa shape index (κ3) is 3.80. The standard InChI is InChI=1S/C20H18N4O3/c1-23(2)15-9-7-14(8-10-15)20(26)27-13-18-22-17-6-4-3-5-16(17)19(25)24(18)12-11-21/h3-10H,12-13H2,1-2H3. The summed E-state index contributed by atoms with van der Waals surface area (Å²) in [6.07, 6.45) is 0. The quantitative estimate of drug-likeness (QED) is 0.648. The summed E-state index contributed by atoms with van der Waals surface area (Å²) in [4.78, 5) is 31.2. The van der Waals surface area contributed by atoms with E-state index in [1.54, 1.807) is 36.4 Å². The Kier molecular flexibility index (Phi) is 5.18. The molecule has 0 saturated heterocycles. The number of aromatic nitrogens is 2. The Bertz CT molecular complexity index is 1080. The Morgan fingerprint density at radius 1 is 1.19 bits per heavy atom. The number of ether oxygens (including phenoxy) is 1. The van der Waals surface area contributed by atoms with Gasteiger partial charge >= 0.3 is 5.97 Å². The van der Waals surface area contributed by atoms with Gasteiger partial charge in [0.2, 0.25) is 0 Å². The number of nitriles is 1. The van der Waals surface area contributed by atoms with Crippen LogP contribution in [-0.2, 0) is 17.9 Å². The molecule has 1 aromatic heterocycles. The molecule has 0 atom stereocenters. The molecule has 0 aliphatic rings. The molecule has 0 aliphatic carbocycles. The molecule has 27 heavy (non-hydrogen) atoms. The van der Waals surface area contributed by atoms with Crippen LogP contribution >= 0.6 is 0 Å². The van der Waals surface area contributed by atoms with Gasteiger partial charge in [-0.05, 0) is 36.4 Å². The van der Waals surface area contributed by atoms with Gasteiger partial charge in [-0.15, -0.1) is 0 Å². The van der Waals surface area contributed by atoms with Crippen LogP contribution in [0.25, 0.3) is 10.9 Å². The predicted molar refractivity (Wildman–Crippen MR) is 102 cm³/mol. The van der Waals surface area contributed by atoms with Crippen molar-refractivity contribution in [2.75, 3.05) is 19.0 Å². The van der Waals surface area contributed by atoms with Gasteiger partial charge in [-0.2, -0.15) is 5.26 Å². The lowest BCUT2D eigenvalue weighted by molar-refractivity contribution is 0.0457. The minimum atomic E-state index is -0.522. The molecule has 136 valence electrons. The smallest absolute Gasteiger partial charge is 0.338 e. The van der Waals surface area contributed by atoms with Crippen molar-refractivity contribution in [3.63, 3.8) is 0 Å². The van der Waals surface area contributed by atoms with Gasteiger partial charge in [0.25, 0.3) is 5.56 Å². The van der Waals surface area contributed by atoms with Gasteiger partial charge in [0.1, 0.15) is 13.2 Å². The van der Waals surface area contributed by atoms with E-state index in [1.807, 2.05) is 37.2 Å². The van der Waals surface area contributed by atoms with E-state index in [1.165, 1.54) is 4.57 Å². The Balaban J connectivity index is 1.85. The van der Waals surface area contributed by atoms with Crippen LogP contribution in [0.4, 0.5) is 5.69 Å². The molecule has 3 aromatic rings. The topological polar surface area (TPSA) is 88.2 Å². The maximum absolute atomic E-state index is 12.6. The number of anilines is 1. The summed E-state index contributed by atoms with van der Waals surface area (Å²) in [6, 6.07) is 15.8. The van der Waals surface area contributed by atoms with E-state index in [0.717, 1.165) is 5.69 Å². The van der Waals surface area contributed by atoms with E-state index < -0.39 is 5.97 Å². The van der Waals surface area contributed by atoms with Crippen molar-refractivity contribution in [2.45, 2.75) is 13.2 Å². The molecular weight excluding hydrogens is 344 g/mol. The van der Waals surface area contributed by atoms with Crippen LogP contribution in [0.3, 0.4) is 0 Å². The van der Waals surface area contributed by atoms with Crippen molar-refractivity contribution < 1.29 is 9.53 Å². The van der Waals surface area contributed by atoms with E-state index in [0.29, 0.717) is 16.5 Å². The molecule has 0 amide bonds. The first kappa shape index (κ1) is 18.1. The minimum Gasteiger partial charge on any atom is -0.454 e. The highest BCUT2D eigenvalue weighted by Crippen LogP contribution is 2.14. The van der Waals surface area contributed by atoms with Crippen molar-refractivity contribution in [1.29, 1.82) is 5.26 Å². The molecule has 0 N–H and O–H groups in total. The van der Waals surface area contributed by atoms with Gasteiger partial charge in [0.05, 0.1) is 22.5 Å². The summed E-state index contributed by atoms with van der Waals surface area (Å²) in [5, 5.41) is 9.44. The summed E-state index contributed by atoms with van der Waals surface area (Å²) in [7, 11) is 3.82. The van der Waals surface area contributed by atoms with Crippen LogP contribution < -0.4 is 10.5 Å². The Morgan fingerprint density at radius 3 is 2.56 bits per heavy atom. The van der Waals surface area contributed by atoms with Crippen molar-refractivity contribution in [3.05, 3.63) is 70.3 Å². The molecule has 0 radical (unpaired) electrons. The highest BCUT2D eigenvalue weighted by Gasteiger charge is 2.14. The van der Waals surface area contributed by atoms with Crippen molar-refractivity contribution in [2.24, 2.45) is 0 Å². The maximum Gasteiger partial charge on any atom is 0.338 e. The van der Waals surface area contributed by atoms with E-state index in [4.69, 9.17) is 10.00 Å². The Hall–Kier alpha value is -3.66. The molecule has 7 nitrogen and oxygen atoms in total. The number of fused-ring (bicyclic) bond motifs is 1. The lowest BCUT2D eigenvalue weighted by atomic mass is 10.2. The Morgan fingerprint density at radius 2 is 1.89 bits per heavy atom. The molecule has 0 spiro atoms. The molecule has 7 heteroatoms.